The first-order valence-electron chi connectivity index (χ1n) is 5.58. The quantitative estimate of drug-likeness (QED) is 0.564. The summed E-state index contributed by atoms with van der Waals surface area (Å²) in [5.41, 5.74) is 0.105. The normalized spacial score (nSPS) is 20.8. The van der Waals surface area contributed by atoms with Crippen molar-refractivity contribution in [2.24, 2.45) is 5.92 Å². The smallest absolute Gasteiger partial charge is 0.262 e. The predicted molar refractivity (Wildman–Crippen MR) is 60.3 cm³/mol. The molecule has 0 amide bonds. The van der Waals surface area contributed by atoms with Crippen molar-refractivity contribution in [1.29, 1.82) is 0 Å². The maximum absolute atomic E-state index is 10.5. The number of aromatic amines is 1. The molecule has 1 atom stereocenters. The summed E-state index contributed by atoms with van der Waals surface area (Å²) < 4.78 is 0. The van der Waals surface area contributed by atoms with Crippen LogP contribution in [0.3, 0.4) is 0 Å². The lowest BCUT2D eigenvalue weighted by Crippen LogP contribution is -2.37. The minimum atomic E-state index is -0.390. The first-order valence-corrected chi connectivity index (χ1v) is 5.58. The van der Waals surface area contributed by atoms with Crippen LogP contribution in [0.4, 0.5) is 11.5 Å². The number of H-pyrrole nitrogens is 1. The number of rotatable bonds is 2. The summed E-state index contributed by atoms with van der Waals surface area (Å²) in [6, 6.07) is 3.33. The Hall–Kier alpha value is -1.65. The second-order valence-electron chi connectivity index (χ2n) is 4.38. The Labute approximate surface area is 94.2 Å². The summed E-state index contributed by atoms with van der Waals surface area (Å²) >= 11 is 0. The van der Waals surface area contributed by atoms with E-state index in [2.05, 4.69) is 16.8 Å². The van der Waals surface area contributed by atoms with Crippen molar-refractivity contribution >= 4 is 11.5 Å². The highest BCUT2D eigenvalue weighted by Crippen LogP contribution is 2.20. The molecule has 2 rings (SSSR count). The van der Waals surface area contributed by atoms with Gasteiger partial charge in [0.2, 0.25) is 0 Å². The molecule has 1 saturated heterocycles. The molecule has 2 heterocycles. The molecule has 1 N–H and O–H groups in total. The average Bonchev–Trinajstić information content (AvgIpc) is 2.29. The maximum atomic E-state index is 10.5. The minimum absolute atomic E-state index is 0.105. The largest absolute Gasteiger partial charge is 0.308 e. The summed E-state index contributed by atoms with van der Waals surface area (Å²) in [4.78, 5) is 15.4. The Morgan fingerprint density at radius 2 is 2.38 bits per heavy atom. The third-order valence-electron chi connectivity index (χ3n) is 2.99. The van der Waals surface area contributed by atoms with Gasteiger partial charge in [0.25, 0.3) is 5.82 Å². The van der Waals surface area contributed by atoms with Crippen molar-refractivity contribution in [2.45, 2.75) is 19.8 Å². The van der Waals surface area contributed by atoms with E-state index in [1.54, 1.807) is 12.1 Å². The second kappa shape index (κ2) is 4.47. The second-order valence-corrected chi connectivity index (χ2v) is 4.38. The molecular weight excluding hydrogens is 206 g/mol. The standard InChI is InChI=1S/C11H15N3O2/c1-9-3-2-6-13(8-9)11-5-4-10(7-12-11)14(15)16/h4-5,7,9H,2-3,6,8H2,1H3/p+1/t9-/m1/s1. The number of anilines is 1. The van der Waals surface area contributed by atoms with Gasteiger partial charge >= 0.3 is 5.69 Å². The minimum Gasteiger partial charge on any atom is -0.262 e. The van der Waals surface area contributed by atoms with E-state index in [9.17, 15) is 10.1 Å². The van der Waals surface area contributed by atoms with Crippen LogP contribution in [0.5, 0.6) is 0 Å². The van der Waals surface area contributed by atoms with E-state index < -0.39 is 0 Å². The highest BCUT2D eigenvalue weighted by molar-refractivity contribution is 5.37. The van der Waals surface area contributed by atoms with Gasteiger partial charge in [0.05, 0.1) is 18.0 Å². The molecule has 0 radical (unpaired) electrons. The third kappa shape index (κ3) is 2.29. The Kier molecular flexibility index (Phi) is 3.03. The SMILES string of the molecule is C[C@@H]1CCCN(c2ccc([N+](=O)[O-])c[nH+]2)C1. The van der Waals surface area contributed by atoms with Crippen LogP contribution in [0.15, 0.2) is 18.3 Å². The van der Waals surface area contributed by atoms with E-state index in [1.807, 2.05) is 0 Å². The Morgan fingerprint density at radius 1 is 1.56 bits per heavy atom. The molecule has 0 aliphatic carbocycles. The fourth-order valence-electron chi connectivity index (χ4n) is 2.13. The van der Waals surface area contributed by atoms with Crippen LogP contribution >= 0.6 is 0 Å². The Balaban J connectivity index is 2.11. The lowest BCUT2D eigenvalue weighted by Gasteiger charge is -2.25. The van der Waals surface area contributed by atoms with Crippen LogP contribution in [0.2, 0.25) is 0 Å². The van der Waals surface area contributed by atoms with Crippen LogP contribution in [-0.2, 0) is 0 Å². The van der Waals surface area contributed by atoms with Gasteiger partial charge in [-0.2, -0.15) is 0 Å². The van der Waals surface area contributed by atoms with E-state index in [4.69, 9.17) is 0 Å². The Morgan fingerprint density at radius 3 is 2.94 bits per heavy atom. The van der Waals surface area contributed by atoms with Gasteiger partial charge in [-0.15, -0.1) is 0 Å². The van der Waals surface area contributed by atoms with E-state index in [0.29, 0.717) is 5.92 Å². The molecule has 0 spiro atoms. The lowest BCUT2D eigenvalue weighted by molar-refractivity contribution is -0.414. The van der Waals surface area contributed by atoms with Gasteiger partial charge in [-0.1, -0.05) is 6.92 Å². The first-order chi connectivity index (χ1) is 7.66. The maximum Gasteiger partial charge on any atom is 0.308 e. The van der Waals surface area contributed by atoms with Gasteiger partial charge in [-0.25, -0.2) is 4.98 Å². The number of hydrogen-bond donors (Lipinski definition) is 0. The third-order valence-corrected chi connectivity index (χ3v) is 2.99. The first kappa shape index (κ1) is 10.9. The molecular formula is C11H16N3O2+. The molecule has 0 saturated carbocycles. The van der Waals surface area contributed by atoms with Crippen LogP contribution in [0.25, 0.3) is 0 Å². The fourth-order valence-corrected chi connectivity index (χ4v) is 2.13. The van der Waals surface area contributed by atoms with Gasteiger partial charge in [-0.05, 0) is 18.8 Å². The zero-order valence-corrected chi connectivity index (χ0v) is 9.35. The molecule has 16 heavy (non-hydrogen) atoms. The number of hydrogen-bond acceptors (Lipinski definition) is 3. The lowest BCUT2D eigenvalue weighted by atomic mass is 10.0. The molecule has 1 aliphatic heterocycles. The van der Waals surface area contributed by atoms with E-state index in [-0.39, 0.29) is 10.6 Å². The number of nitrogens with one attached hydrogen (secondary N) is 1. The van der Waals surface area contributed by atoms with Crippen LogP contribution in [-0.4, -0.2) is 18.0 Å². The van der Waals surface area contributed by atoms with Crippen molar-refractivity contribution in [1.82, 2.24) is 0 Å². The number of nitro groups is 1. The number of aromatic nitrogens is 1. The summed E-state index contributed by atoms with van der Waals surface area (Å²) in [6.07, 6.45) is 3.91. The molecule has 5 nitrogen and oxygen atoms in total. The fraction of sp³-hybridized carbons (Fsp3) is 0.545. The van der Waals surface area contributed by atoms with Gasteiger partial charge in [0.1, 0.15) is 0 Å². The van der Waals surface area contributed by atoms with Crippen molar-refractivity contribution in [2.75, 3.05) is 18.0 Å². The Bertz CT molecular complexity index is 377. The van der Waals surface area contributed by atoms with Gasteiger partial charge in [0.15, 0.2) is 6.20 Å². The number of nitrogens with zero attached hydrogens (tertiary/aromatic N) is 2. The van der Waals surface area contributed by atoms with Crippen molar-refractivity contribution in [3.05, 3.63) is 28.4 Å². The van der Waals surface area contributed by atoms with Crippen LogP contribution in [0, 0.1) is 16.0 Å². The molecule has 5 heteroatoms. The molecule has 0 bridgehead atoms. The van der Waals surface area contributed by atoms with Crippen molar-refractivity contribution in [3.63, 3.8) is 0 Å². The van der Waals surface area contributed by atoms with Crippen molar-refractivity contribution < 1.29 is 9.91 Å². The van der Waals surface area contributed by atoms with Gasteiger partial charge in [0, 0.05) is 12.1 Å². The van der Waals surface area contributed by atoms with Gasteiger partial charge < -0.3 is 0 Å². The highest BCUT2D eigenvalue weighted by atomic mass is 16.6. The van der Waals surface area contributed by atoms with E-state index in [0.717, 1.165) is 18.9 Å². The predicted octanol–water partition coefficient (Wildman–Crippen LogP) is 1.65. The summed E-state index contributed by atoms with van der Waals surface area (Å²) in [7, 11) is 0. The highest BCUT2D eigenvalue weighted by Gasteiger charge is 2.23. The van der Waals surface area contributed by atoms with Crippen LogP contribution < -0.4 is 9.88 Å². The number of piperidine rings is 1. The van der Waals surface area contributed by atoms with Crippen LogP contribution in [0.1, 0.15) is 19.8 Å². The monoisotopic (exact) mass is 222 g/mol. The molecule has 1 fully saturated rings. The summed E-state index contributed by atoms with van der Waals surface area (Å²) in [5, 5.41) is 10.5. The topological polar surface area (TPSA) is 60.5 Å². The summed E-state index contributed by atoms with van der Waals surface area (Å²) in [5.74, 6) is 1.66. The van der Waals surface area contributed by atoms with E-state index >= 15 is 0 Å². The number of pyridine rings is 1. The summed E-state index contributed by atoms with van der Waals surface area (Å²) in [6.45, 7) is 4.28. The molecule has 1 aliphatic rings. The zero-order chi connectivity index (χ0) is 11.5. The van der Waals surface area contributed by atoms with Crippen molar-refractivity contribution in [3.8, 4) is 0 Å². The zero-order valence-electron chi connectivity index (χ0n) is 9.35. The molecule has 0 unspecified atom stereocenters. The van der Waals surface area contributed by atoms with E-state index in [1.165, 1.54) is 19.0 Å². The molecule has 1 aromatic rings. The molecule has 86 valence electrons. The van der Waals surface area contributed by atoms with Gasteiger partial charge in [-0.3, -0.25) is 15.0 Å². The average molecular weight is 222 g/mol. The molecule has 1 aromatic heterocycles. The molecule has 0 aromatic carbocycles.